The largest absolute Gasteiger partial charge is 0.497 e. The smallest absolute Gasteiger partial charge is 0.293 e. The maximum atomic E-state index is 13.7. The van der Waals surface area contributed by atoms with Crippen LogP contribution in [0.4, 0.5) is 15.8 Å². The van der Waals surface area contributed by atoms with E-state index < -0.39 is 24.2 Å². The Bertz CT molecular complexity index is 1270. The molecule has 32 heavy (non-hydrogen) atoms. The van der Waals surface area contributed by atoms with Gasteiger partial charge in [0.2, 0.25) is 5.76 Å². The second kappa shape index (κ2) is 9.22. The lowest BCUT2D eigenvalue weighted by atomic mass is 10.2. The standard InChI is InChI=1S/C24H19FN2O5/c1-30-16-12-10-15(11-13-16)26-24(29)23-22(17-6-2-4-8-19(17)32-23)27-21(28)14-31-20-9-5-3-7-18(20)25/h2-13H,14H2,1H3,(H,26,29)(H,27,28). The molecule has 3 aromatic carbocycles. The molecule has 162 valence electrons. The second-order valence-corrected chi connectivity index (χ2v) is 6.75. The van der Waals surface area contributed by atoms with Crippen LogP contribution in [0.15, 0.2) is 77.2 Å². The van der Waals surface area contributed by atoms with Crippen LogP contribution < -0.4 is 20.1 Å². The molecule has 1 heterocycles. The molecule has 0 saturated heterocycles. The van der Waals surface area contributed by atoms with E-state index in [0.29, 0.717) is 22.4 Å². The number of nitrogens with one attached hydrogen (secondary N) is 2. The fourth-order valence-corrected chi connectivity index (χ4v) is 3.07. The fraction of sp³-hybridized carbons (Fsp3) is 0.0833. The van der Waals surface area contributed by atoms with Gasteiger partial charge in [-0.2, -0.15) is 0 Å². The predicted molar refractivity (Wildman–Crippen MR) is 118 cm³/mol. The molecule has 0 atom stereocenters. The molecular weight excluding hydrogens is 415 g/mol. The Morgan fingerprint density at radius 3 is 2.41 bits per heavy atom. The van der Waals surface area contributed by atoms with Crippen LogP contribution in [-0.2, 0) is 4.79 Å². The van der Waals surface area contributed by atoms with E-state index in [2.05, 4.69) is 10.6 Å². The van der Waals surface area contributed by atoms with Crippen LogP contribution in [-0.4, -0.2) is 25.5 Å². The predicted octanol–water partition coefficient (Wildman–Crippen LogP) is 4.85. The molecule has 2 amide bonds. The molecule has 4 rings (SSSR count). The van der Waals surface area contributed by atoms with Gasteiger partial charge in [-0.15, -0.1) is 0 Å². The molecule has 0 fully saturated rings. The van der Waals surface area contributed by atoms with Crippen molar-refractivity contribution in [2.75, 3.05) is 24.4 Å². The minimum Gasteiger partial charge on any atom is -0.497 e. The Morgan fingerprint density at radius 1 is 0.938 bits per heavy atom. The van der Waals surface area contributed by atoms with Gasteiger partial charge in [-0.05, 0) is 48.5 Å². The quantitative estimate of drug-likeness (QED) is 0.434. The van der Waals surface area contributed by atoms with E-state index in [1.54, 1.807) is 61.7 Å². The lowest BCUT2D eigenvalue weighted by molar-refractivity contribution is -0.118. The molecule has 0 spiro atoms. The van der Waals surface area contributed by atoms with Crippen LogP contribution in [0.2, 0.25) is 0 Å². The maximum Gasteiger partial charge on any atom is 0.293 e. The van der Waals surface area contributed by atoms with Crippen molar-refractivity contribution in [2.45, 2.75) is 0 Å². The molecule has 4 aromatic rings. The van der Waals surface area contributed by atoms with Gasteiger partial charge in [-0.3, -0.25) is 9.59 Å². The number of amides is 2. The van der Waals surface area contributed by atoms with Crippen molar-refractivity contribution in [3.63, 3.8) is 0 Å². The third kappa shape index (κ3) is 4.54. The number of benzene rings is 3. The van der Waals surface area contributed by atoms with Gasteiger partial charge < -0.3 is 24.5 Å². The number of furan rings is 1. The Morgan fingerprint density at radius 2 is 1.66 bits per heavy atom. The van der Waals surface area contributed by atoms with Gasteiger partial charge in [0.15, 0.2) is 18.2 Å². The number of methoxy groups -OCH3 is 1. The number of para-hydroxylation sites is 2. The summed E-state index contributed by atoms with van der Waals surface area (Å²) < 4.78 is 29.8. The van der Waals surface area contributed by atoms with Crippen molar-refractivity contribution in [1.82, 2.24) is 0 Å². The van der Waals surface area contributed by atoms with Crippen molar-refractivity contribution >= 4 is 34.2 Å². The van der Waals surface area contributed by atoms with E-state index in [9.17, 15) is 14.0 Å². The topological polar surface area (TPSA) is 89.8 Å². The van der Waals surface area contributed by atoms with Gasteiger partial charge in [-0.25, -0.2) is 4.39 Å². The summed E-state index contributed by atoms with van der Waals surface area (Å²) in [5.41, 5.74) is 1.16. The Kier molecular flexibility index (Phi) is 6.03. The lowest BCUT2D eigenvalue weighted by Gasteiger charge is -2.09. The Labute approximate surface area is 182 Å². The van der Waals surface area contributed by atoms with Crippen molar-refractivity contribution in [3.05, 3.63) is 84.4 Å². The monoisotopic (exact) mass is 434 g/mol. The van der Waals surface area contributed by atoms with Crippen LogP contribution in [0.3, 0.4) is 0 Å². The zero-order valence-electron chi connectivity index (χ0n) is 17.1. The highest BCUT2D eigenvalue weighted by molar-refractivity contribution is 6.14. The minimum absolute atomic E-state index is 0.0443. The lowest BCUT2D eigenvalue weighted by Crippen LogP contribution is -2.22. The van der Waals surface area contributed by atoms with Crippen LogP contribution in [0.5, 0.6) is 11.5 Å². The van der Waals surface area contributed by atoms with Gasteiger partial charge in [0.25, 0.3) is 11.8 Å². The first-order valence-electron chi connectivity index (χ1n) is 9.69. The highest BCUT2D eigenvalue weighted by Crippen LogP contribution is 2.31. The molecule has 8 heteroatoms. The number of halogens is 1. The summed E-state index contributed by atoms with van der Waals surface area (Å²) in [6.45, 7) is -0.444. The molecule has 0 aliphatic carbocycles. The van der Waals surface area contributed by atoms with E-state index in [1.165, 1.54) is 18.2 Å². The fourth-order valence-electron chi connectivity index (χ4n) is 3.07. The summed E-state index contributed by atoms with van der Waals surface area (Å²) in [7, 11) is 1.55. The summed E-state index contributed by atoms with van der Waals surface area (Å²) in [4.78, 5) is 25.4. The first-order valence-corrected chi connectivity index (χ1v) is 9.69. The Hall–Kier alpha value is -4.33. The van der Waals surface area contributed by atoms with Gasteiger partial charge in [0.1, 0.15) is 17.0 Å². The van der Waals surface area contributed by atoms with Gasteiger partial charge in [-0.1, -0.05) is 24.3 Å². The highest BCUT2D eigenvalue weighted by atomic mass is 19.1. The first kappa shape index (κ1) is 20.9. The number of carbonyl (C=O) groups is 2. The zero-order chi connectivity index (χ0) is 22.5. The van der Waals surface area contributed by atoms with Gasteiger partial charge >= 0.3 is 0 Å². The summed E-state index contributed by atoms with van der Waals surface area (Å²) in [6.07, 6.45) is 0. The van der Waals surface area contributed by atoms with Crippen LogP contribution in [0, 0.1) is 5.82 Å². The number of rotatable bonds is 7. The third-order valence-electron chi connectivity index (χ3n) is 4.61. The normalized spacial score (nSPS) is 10.6. The van der Waals surface area contributed by atoms with Gasteiger partial charge in [0.05, 0.1) is 7.11 Å². The van der Waals surface area contributed by atoms with E-state index >= 15 is 0 Å². The average molecular weight is 434 g/mol. The van der Waals surface area contributed by atoms with Crippen molar-refractivity contribution in [1.29, 1.82) is 0 Å². The van der Waals surface area contributed by atoms with Crippen LogP contribution in [0.1, 0.15) is 10.6 Å². The summed E-state index contributed by atoms with van der Waals surface area (Å²) in [5, 5.41) is 5.92. The number of fused-ring (bicyclic) bond motifs is 1. The minimum atomic E-state index is -0.575. The molecule has 1 aromatic heterocycles. The summed E-state index contributed by atoms with van der Waals surface area (Å²) in [5.74, 6) is -1.16. The maximum absolute atomic E-state index is 13.7. The van der Waals surface area contributed by atoms with E-state index in [-0.39, 0.29) is 17.2 Å². The number of ether oxygens (including phenoxy) is 2. The third-order valence-corrected chi connectivity index (χ3v) is 4.61. The number of anilines is 2. The zero-order valence-corrected chi connectivity index (χ0v) is 17.1. The molecule has 2 N–H and O–H groups in total. The molecule has 0 bridgehead atoms. The van der Waals surface area contributed by atoms with E-state index in [4.69, 9.17) is 13.9 Å². The molecule has 0 aliphatic heterocycles. The van der Waals surface area contributed by atoms with Crippen LogP contribution >= 0.6 is 0 Å². The number of hydrogen-bond acceptors (Lipinski definition) is 5. The number of carbonyl (C=O) groups excluding carboxylic acids is 2. The first-order chi connectivity index (χ1) is 15.5. The van der Waals surface area contributed by atoms with Gasteiger partial charge in [0, 0.05) is 11.1 Å². The van der Waals surface area contributed by atoms with Crippen molar-refractivity contribution in [2.24, 2.45) is 0 Å². The molecular formula is C24H19FN2O5. The number of hydrogen-bond donors (Lipinski definition) is 2. The molecule has 0 aliphatic rings. The highest BCUT2D eigenvalue weighted by Gasteiger charge is 2.22. The van der Waals surface area contributed by atoms with Crippen molar-refractivity contribution < 1.29 is 27.9 Å². The Balaban J connectivity index is 1.54. The van der Waals surface area contributed by atoms with E-state index in [1.807, 2.05) is 0 Å². The molecule has 7 nitrogen and oxygen atoms in total. The summed E-state index contributed by atoms with van der Waals surface area (Å²) in [6, 6.07) is 19.5. The molecule has 0 unspecified atom stereocenters. The van der Waals surface area contributed by atoms with Crippen LogP contribution in [0.25, 0.3) is 11.0 Å². The second-order valence-electron chi connectivity index (χ2n) is 6.75. The SMILES string of the molecule is COc1ccc(NC(=O)c2oc3ccccc3c2NC(=O)COc2ccccc2F)cc1. The van der Waals surface area contributed by atoms with E-state index in [0.717, 1.165) is 0 Å². The molecule has 0 radical (unpaired) electrons. The van der Waals surface area contributed by atoms with Crippen molar-refractivity contribution in [3.8, 4) is 11.5 Å². The summed E-state index contributed by atoms with van der Waals surface area (Å²) >= 11 is 0. The average Bonchev–Trinajstić information content (AvgIpc) is 3.17. The molecule has 0 saturated carbocycles.